The molecule has 0 atom stereocenters. The molecule has 0 aliphatic carbocycles. The van der Waals surface area contributed by atoms with Gasteiger partial charge in [-0.3, -0.25) is 19.8 Å². The number of aromatic hydroxyl groups is 1. The number of esters is 1. The predicted octanol–water partition coefficient (Wildman–Crippen LogP) is 1.77. The van der Waals surface area contributed by atoms with Crippen LogP contribution in [0, 0.1) is 10.1 Å². The highest BCUT2D eigenvalue weighted by molar-refractivity contribution is 6.14. The van der Waals surface area contributed by atoms with E-state index in [9.17, 15) is 29.6 Å². The van der Waals surface area contributed by atoms with Gasteiger partial charge in [0.2, 0.25) is 11.5 Å². The van der Waals surface area contributed by atoms with E-state index in [0.29, 0.717) is 0 Å². The van der Waals surface area contributed by atoms with Gasteiger partial charge in [0.15, 0.2) is 0 Å². The highest BCUT2D eigenvalue weighted by atomic mass is 16.6. The number of hydrogen-bond acceptors (Lipinski definition) is 8. The molecule has 11 heteroatoms. The molecule has 0 unspecified atom stereocenters. The summed E-state index contributed by atoms with van der Waals surface area (Å²) in [5.41, 5.74) is -0.722. The maximum absolute atomic E-state index is 12.5. The normalized spacial score (nSPS) is 15.0. The maximum atomic E-state index is 12.5. The number of methoxy groups -OCH3 is 1. The Balaban J connectivity index is 1.83. The van der Waals surface area contributed by atoms with Crippen LogP contribution in [0.3, 0.4) is 0 Å². The zero-order valence-electron chi connectivity index (χ0n) is 14.4. The number of imide groups is 1. The van der Waals surface area contributed by atoms with Crippen molar-refractivity contribution in [2.24, 2.45) is 0 Å². The second-order valence-electron chi connectivity index (χ2n) is 5.61. The molecule has 11 nitrogen and oxygen atoms in total. The van der Waals surface area contributed by atoms with Crippen LogP contribution in [0.25, 0.3) is 6.08 Å². The lowest BCUT2D eigenvalue weighted by atomic mass is 10.1. The summed E-state index contributed by atoms with van der Waals surface area (Å²) in [6.07, 6.45) is 1.13. The Labute approximate surface area is 156 Å². The average molecular weight is 387 g/mol. The summed E-state index contributed by atoms with van der Waals surface area (Å²) in [5.74, 6) is -1.98. The van der Waals surface area contributed by atoms with Gasteiger partial charge in [-0.1, -0.05) is 12.1 Å². The Bertz CT molecular complexity index is 1020. The summed E-state index contributed by atoms with van der Waals surface area (Å²) in [6.45, 7) is -0.250. The van der Waals surface area contributed by atoms with Crippen molar-refractivity contribution < 1.29 is 33.6 Å². The number of ether oxygens (including phenoxy) is 1. The van der Waals surface area contributed by atoms with Crippen LogP contribution in [-0.4, -0.2) is 39.9 Å². The third-order valence-electron chi connectivity index (χ3n) is 3.87. The van der Waals surface area contributed by atoms with Crippen LogP contribution in [0.5, 0.6) is 5.75 Å². The summed E-state index contributed by atoms with van der Waals surface area (Å²) in [5, 5.41) is 23.2. The molecule has 0 radical (unpaired) electrons. The third-order valence-corrected chi connectivity index (χ3v) is 3.87. The topological polar surface area (TPSA) is 152 Å². The monoisotopic (exact) mass is 387 g/mol. The number of nitro benzene ring substituents is 1. The molecule has 3 amide bonds. The van der Waals surface area contributed by atoms with Crippen molar-refractivity contribution in [3.63, 3.8) is 0 Å². The van der Waals surface area contributed by atoms with Gasteiger partial charge >= 0.3 is 17.7 Å². The second kappa shape index (κ2) is 7.23. The molecular weight excluding hydrogens is 374 g/mol. The lowest BCUT2D eigenvalue weighted by Crippen LogP contribution is -2.30. The minimum absolute atomic E-state index is 0.00863. The zero-order chi connectivity index (χ0) is 20.4. The van der Waals surface area contributed by atoms with Gasteiger partial charge in [0.1, 0.15) is 11.5 Å². The first kappa shape index (κ1) is 18.6. The number of hydrogen-bond donors (Lipinski definition) is 2. The van der Waals surface area contributed by atoms with Crippen LogP contribution in [0.15, 0.2) is 40.4 Å². The number of nitrogens with one attached hydrogen (secondary N) is 1. The smallest absolute Gasteiger partial charge is 0.373 e. The van der Waals surface area contributed by atoms with Crippen molar-refractivity contribution in [2.45, 2.75) is 6.54 Å². The van der Waals surface area contributed by atoms with Gasteiger partial charge < -0.3 is 19.6 Å². The molecule has 1 aliphatic heterocycles. The fraction of sp³-hybridized carbons (Fsp3) is 0.118. The number of nitro groups is 1. The standard InChI is InChI=1S/C17H13N3O8/c1-27-16(23)13-6-5-10(28-13)8-19-15(22)11(18-17(19)24)7-9-3-2-4-12(14(9)21)20(25)26/h2-7,21H,8H2,1H3,(H,18,24)/b11-7-. The maximum Gasteiger partial charge on any atom is 0.373 e. The SMILES string of the molecule is COC(=O)c1ccc(CN2C(=O)N/C(=C\c3cccc([N+](=O)[O-])c3O)C2=O)o1. The van der Waals surface area contributed by atoms with Crippen molar-refractivity contribution >= 4 is 29.7 Å². The van der Waals surface area contributed by atoms with Crippen molar-refractivity contribution in [1.29, 1.82) is 0 Å². The molecule has 0 spiro atoms. The fourth-order valence-electron chi connectivity index (χ4n) is 2.51. The van der Waals surface area contributed by atoms with E-state index in [4.69, 9.17) is 4.42 Å². The molecule has 1 aromatic carbocycles. The first-order chi connectivity index (χ1) is 13.3. The van der Waals surface area contributed by atoms with Gasteiger partial charge in [0.25, 0.3) is 5.91 Å². The molecule has 3 rings (SSSR count). The highest BCUT2D eigenvalue weighted by Gasteiger charge is 2.34. The minimum atomic E-state index is -0.769. The van der Waals surface area contributed by atoms with Crippen LogP contribution < -0.4 is 5.32 Å². The first-order valence-corrected chi connectivity index (χ1v) is 7.79. The molecule has 2 N–H and O–H groups in total. The summed E-state index contributed by atoms with van der Waals surface area (Å²) in [6, 6.07) is 5.80. The number of carbonyl (C=O) groups excluding carboxylic acids is 3. The number of furan rings is 1. The van der Waals surface area contributed by atoms with E-state index in [2.05, 4.69) is 10.1 Å². The number of phenols is 1. The molecule has 0 bridgehead atoms. The van der Waals surface area contributed by atoms with Crippen molar-refractivity contribution in [1.82, 2.24) is 10.2 Å². The molecule has 144 valence electrons. The number of carbonyl (C=O) groups is 3. The molecule has 28 heavy (non-hydrogen) atoms. The van der Waals surface area contributed by atoms with Crippen LogP contribution in [0.1, 0.15) is 21.9 Å². The number of phenolic OH excluding ortho intramolecular Hbond substituents is 1. The van der Waals surface area contributed by atoms with Gasteiger partial charge in [-0.15, -0.1) is 0 Å². The predicted molar refractivity (Wildman–Crippen MR) is 91.9 cm³/mol. The lowest BCUT2D eigenvalue weighted by molar-refractivity contribution is -0.385. The average Bonchev–Trinajstić information content (AvgIpc) is 3.23. The summed E-state index contributed by atoms with van der Waals surface area (Å²) in [4.78, 5) is 46.9. The molecule has 0 saturated carbocycles. The number of amides is 3. The van der Waals surface area contributed by atoms with E-state index in [-0.39, 0.29) is 29.3 Å². The van der Waals surface area contributed by atoms with E-state index in [1.165, 1.54) is 31.4 Å². The van der Waals surface area contributed by atoms with Crippen LogP contribution in [0.2, 0.25) is 0 Å². The Morgan fingerprint density at radius 3 is 2.79 bits per heavy atom. The molecule has 2 aromatic rings. The Kier molecular flexibility index (Phi) is 4.81. The lowest BCUT2D eigenvalue weighted by Gasteiger charge is -2.09. The van der Waals surface area contributed by atoms with E-state index in [1.807, 2.05) is 0 Å². The van der Waals surface area contributed by atoms with Gasteiger partial charge in [0, 0.05) is 11.6 Å². The van der Waals surface area contributed by atoms with Crippen molar-refractivity contribution in [3.05, 3.63) is 63.2 Å². The first-order valence-electron chi connectivity index (χ1n) is 7.79. The quantitative estimate of drug-likeness (QED) is 0.259. The Hall–Kier alpha value is -4.15. The molecule has 1 saturated heterocycles. The molecule has 1 aromatic heterocycles. The van der Waals surface area contributed by atoms with Crippen LogP contribution in [0.4, 0.5) is 10.5 Å². The van der Waals surface area contributed by atoms with E-state index in [0.717, 1.165) is 17.0 Å². The Morgan fingerprint density at radius 2 is 2.11 bits per heavy atom. The number of para-hydroxylation sites is 1. The largest absolute Gasteiger partial charge is 0.502 e. The number of urea groups is 1. The summed E-state index contributed by atoms with van der Waals surface area (Å²) < 4.78 is 9.74. The zero-order valence-corrected chi connectivity index (χ0v) is 14.4. The van der Waals surface area contributed by atoms with Crippen molar-refractivity contribution in [3.8, 4) is 5.75 Å². The minimum Gasteiger partial charge on any atom is -0.502 e. The highest BCUT2D eigenvalue weighted by Crippen LogP contribution is 2.31. The number of nitrogens with zero attached hydrogens (tertiary/aromatic N) is 2. The van der Waals surface area contributed by atoms with Gasteiger partial charge in [-0.25, -0.2) is 9.59 Å². The molecular formula is C17H13N3O8. The van der Waals surface area contributed by atoms with E-state index >= 15 is 0 Å². The van der Waals surface area contributed by atoms with Gasteiger partial charge in [0.05, 0.1) is 18.6 Å². The fourth-order valence-corrected chi connectivity index (χ4v) is 2.51. The molecule has 1 fully saturated rings. The Morgan fingerprint density at radius 1 is 1.36 bits per heavy atom. The third kappa shape index (κ3) is 3.40. The van der Waals surface area contributed by atoms with Crippen LogP contribution >= 0.6 is 0 Å². The number of benzene rings is 1. The van der Waals surface area contributed by atoms with Gasteiger partial charge in [-0.2, -0.15) is 0 Å². The molecule has 2 heterocycles. The van der Waals surface area contributed by atoms with Crippen LogP contribution in [-0.2, 0) is 16.1 Å². The second-order valence-corrected chi connectivity index (χ2v) is 5.61. The van der Waals surface area contributed by atoms with Gasteiger partial charge in [-0.05, 0) is 18.2 Å². The van der Waals surface area contributed by atoms with E-state index in [1.54, 1.807) is 0 Å². The summed E-state index contributed by atoms with van der Waals surface area (Å²) >= 11 is 0. The van der Waals surface area contributed by atoms with E-state index < -0.39 is 34.3 Å². The molecule has 1 aliphatic rings. The summed E-state index contributed by atoms with van der Waals surface area (Å²) in [7, 11) is 1.18. The van der Waals surface area contributed by atoms with Crippen molar-refractivity contribution in [2.75, 3.05) is 7.11 Å². The number of rotatable bonds is 5.